The van der Waals surface area contributed by atoms with Gasteiger partial charge < -0.3 is 19.0 Å². The molecule has 0 aliphatic carbocycles. The van der Waals surface area contributed by atoms with Gasteiger partial charge in [0.25, 0.3) is 5.89 Å². The van der Waals surface area contributed by atoms with Crippen LogP contribution in [-0.4, -0.2) is 28.4 Å². The Bertz CT molecular complexity index is 992. The molecular weight excluding hydrogens is 360 g/mol. The third-order valence-corrected chi connectivity index (χ3v) is 4.00. The molecule has 0 amide bonds. The highest BCUT2D eigenvalue weighted by atomic mass is 16.6. The lowest BCUT2D eigenvalue weighted by Crippen LogP contribution is -2.06. The molecule has 1 heterocycles. The molecule has 7 nitrogen and oxygen atoms in total. The largest absolute Gasteiger partial charge is 0.504 e. The summed E-state index contributed by atoms with van der Waals surface area (Å²) in [7, 11) is 1.45. The first-order chi connectivity index (χ1) is 13.5. The zero-order chi connectivity index (χ0) is 20.1. The number of carbonyl (C=O) groups excluding carboxylic acids is 1. The first-order valence-corrected chi connectivity index (χ1v) is 8.62. The number of phenols is 1. The lowest BCUT2D eigenvalue weighted by Gasteiger charge is -2.07. The van der Waals surface area contributed by atoms with Gasteiger partial charge in [0.05, 0.1) is 7.11 Å². The van der Waals surface area contributed by atoms with E-state index in [4.69, 9.17) is 13.9 Å². The van der Waals surface area contributed by atoms with Crippen molar-refractivity contribution in [2.75, 3.05) is 7.11 Å². The monoisotopic (exact) mass is 380 g/mol. The minimum absolute atomic E-state index is 0.0247. The van der Waals surface area contributed by atoms with Crippen LogP contribution >= 0.6 is 0 Å². The highest BCUT2D eigenvalue weighted by Crippen LogP contribution is 2.27. The predicted molar refractivity (Wildman–Crippen MR) is 103 cm³/mol. The van der Waals surface area contributed by atoms with Crippen LogP contribution in [0.3, 0.4) is 0 Å². The van der Waals surface area contributed by atoms with Gasteiger partial charge in [-0.15, -0.1) is 10.2 Å². The maximum Gasteiger partial charge on any atom is 0.331 e. The van der Waals surface area contributed by atoms with Gasteiger partial charge in [-0.1, -0.05) is 23.8 Å². The number of aryl methyl sites for hydroxylation is 1. The van der Waals surface area contributed by atoms with Gasteiger partial charge in [0.1, 0.15) is 0 Å². The molecule has 3 rings (SSSR count). The molecular formula is C21H20N2O5. The van der Waals surface area contributed by atoms with Gasteiger partial charge >= 0.3 is 5.97 Å². The van der Waals surface area contributed by atoms with Crippen molar-refractivity contribution in [3.8, 4) is 23.0 Å². The van der Waals surface area contributed by atoms with E-state index >= 15 is 0 Å². The highest BCUT2D eigenvalue weighted by Gasteiger charge is 2.18. The van der Waals surface area contributed by atoms with Crippen LogP contribution in [0.2, 0.25) is 0 Å². The smallest absolute Gasteiger partial charge is 0.331 e. The van der Waals surface area contributed by atoms with E-state index in [1.54, 1.807) is 25.1 Å². The van der Waals surface area contributed by atoms with Crippen molar-refractivity contribution in [2.45, 2.75) is 20.0 Å². The Morgan fingerprint density at radius 1 is 1.18 bits per heavy atom. The lowest BCUT2D eigenvalue weighted by molar-refractivity contribution is -0.143. The van der Waals surface area contributed by atoms with E-state index in [0.29, 0.717) is 17.2 Å². The first-order valence-electron chi connectivity index (χ1n) is 8.62. The Balaban J connectivity index is 1.63. The van der Waals surface area contributed by atoms with Gasteiger partial charge in [-0.3, -0.25) is 0 Å². The van der Waals surface area contributed by atoms with Gasteiger partial charge in [-0.2, -0.15) is 0 Å². The van der Waals surface area contributed by atoms with Crippen LogP contribution in [0, 0.1) is 6.92 Å². The van der Waals surface area contributed by atoms with Crippen molar-refractivity contribution >= 4 is 12.0 Å². The number of nitrogens with zero attached hydrogens (tertiary/aromatic N) is 2. The standard InChI is InChI=1S/C21H20N2O5/c1-13-4-8-16(9-5-13)21-23-22-20(28-21)14(2)27-19(25)11-7-15-6-10-17(24)18(12-15)26-3/h4-12,14,24H,1-3H3/b11-7+/t14-/m0/s1. The molecule has 0 spiro atoms. The zero-order valence-electron chi connectivity index (χ0n) is 15.7. The number of phenolic OH excluding ortho intramolecular Hbond substituents is 1. The van der Waals surface area contributed by atoms with Crippen molar-refractivity contribution < 1.29 is 23.8 Å². The molecule has 144 valence electrons. The Kier molecular flexibility index (Phi) is 5.74. The normalized spacial score (nSPS) is 12.1. The zero-order valence-corrected chi connectivity index (χ0v) is 15.7. The number of rotatable bonds is 6. The fourth-order valence-electron chi connectivity index (χ4n) is 2.44. The molecule has 0 radical (unpaired) electrons. The summed E-state index contributed by atoms with van der Waals surface area (Å²) < 4.78 is 15.9. The molecule has 1 N–H and O–H groups in total. The Morgan fingerprint density at radius 2 is 1.93 bits per heavy atom. The second-order valence-electron chi connectivity index (χ2n) is 6.16. The van der Waals surface area contributed by atoms with Crippen molar-refractivity contribution in [3.63, 3.8) is 0 Å². The summed E-state index contributed by atoms with van der Waals surface area (Å²) in [4.78, 5) is 12.1. The SMILES string of the molecule is COc1cc(/C=C/C(=O)O[C@@H](C)c2nnc(-c3ccc(C)cc3)o2)ccc1O. The predicted octanol–water partition coefficient (Wildman–Crippen LogP) is 4.08. The van der Waals surface area contributed by atoms with Crippen LogP contribution in [0.5, 0.6) is 11.5 Å². The molecule has 1 aromatic heterocycles. The summed E-state index contributed by atoms with van der Waals surface area (Å²) in [5, 5.41) is 17.5. The molecule has 0 aliphatic heterocycles. The van der Waals surface area contributed by atoms with Gasteiger partial charge in [0.15, 0.2) is 17.6 Å². The summed E-state index contributed by atoms with van der Waals surface area (Å²) >= 11 is 0. The molecule has 1 atom stereocenters. The van der Waals surface area contributed by atoms with Crippen molar-refractivity contribution in [2.24, 2.45) is 0 Å². The Hall–Kier alpha value is -3.61. The lowest BCUT2D eigenvalue weighted by atomic mass is 10.1. The van der Waals surface area contributed by atoms with Gasteiger partial charge in [0.2, 0.25) is 5.89 Å². The number of ether oxygens (including phenoxy) is 2. The minimum Gasteiger partial charge on any atom is -0.504 e. The third-order valence-electron chi connectivity index (χ3n) is 4.00. The summed E-state index contributed by atoms with van der Waals surface area (Å²) in [6.45, 7) is 3.65. The molecule has 0 saturated carbocycles. The van der Waals surface area contributed by atoms with Crippen LogP contribution in [0.4, 0.5) is 0 Å². The van der Waals surface area contributed by atoms with Crippen LogP contribution in [0.15, 0.2) is 53.0 Å². The molecule has 2 aromatic carbocycles. The van der Waals surface area contributed by atoms with Crippen LogP contribution < -0.4 is 4.74 Å². The quantitative estimate of drug-likeness (QED) is 0.508. The molecule has 0 fully saturated rings. The van der Waals surface area contributed by atoms with E-state index in [1.807, 2.05) is 31.2 Å². The first kappa shape index (κ1) is 19.2. The third kappa shape index (κ3) is 4.56. The average Bonchev–Trinajstić information content (AvgIpc) is 3.18. The molecule has 3 aromatic rings. The second-order valence-corrected chi connectivity index (χ2v) is 6.16. The van der Waals surface area contributed by atoms with Crippen molar-refractivity contribution in [1.82, 2.24) is 10.2 Å². The Labute approximate surface area is 162 Å². The fourth-order valence-corrected chi connectivity index (χ4v) is 2.44. The number of benzene rings is 2. The summed E-state index contributed by atoms with van der Waals surface area (Å²) in [5.74, 6) is 0.359. The van der Waals surface area contributed by atoms with Gasteiger partial charge in [-0.05, 0) is 49.8 Å². The molecule has 0 aliphatic rings. The van der Waals surface area contributed by atoms with Gasteiger partial charge in [0, 0.05) is 11.6 Å². The number of hydrogen-bond acceptors (Lipinski definition) is 7. The number of methoxy groups -OCH3 is 1. The molecule has 28 heavy (non-hydrogen) atoms. The number of aromatic hydroxyl groups is 1. The molecule has 0 bridgehead atoms. The van der Waals surface area contributed by atoms with E-state index in [0.717, 1.165) is 11.1 Å². The molecule has 0 unspecified atom stereocenters. The number of esters is 1. The van der Waals surface area contributed by atoms with Crippen LogP contribution in [0.25, 0.3) is 17.5 Å². The summed E-state index contributed by atoms with van der Waals surface area (Å²) in [5.41, 5.74) is 2.60. The summed E-state index contributed by atoms with van der Waals surface area (Å²) in [6, 6.07) is 12.4. The maximum atomic E-state index is 12.1. The molecule has 7 heteroatoms. The maximum absolute atomic E-state index is 12.1. The summed E-state index contributed by atoms with van der Waals surface area (Å²) in [6.07, 6.45) is 2.14. The Morgan fingerprint density at radius 3 is 2.64 bits per heavy atom. The van der Waals surface area contributed by atoms with Crippen molar-refractivity contribution in [1.29, 1.82) is 0 Å². The van der Waals surface area contributed by atoms with E-state index < -0.39 is 12.1 Å². The number of aromatic nitrogens is 2. The van der Waals surface area contributed by atoms with Crippen molar-refractivity contribution in [3.05, 3.63) is 65.6 Å². The molecule has 0 saturated heterocycles. The van der Waals surface area contributed by atoms with E-state index in [1.165, 1.54) is 19.3 Å². The number of carbonyl (C=O) groups is 1. The average molecular weight is 380 g/mol. The van der Waals surface area contributed by atoms with Gasteiger partial charge in [-0.25, -0.2) is 4.79 Å². The van der Waals surface area contributed by atoms with Crippen LogP contribution in [-0.2, 0) is 9.53 Å². The van der Waals surface area contributed by atoms with Crippen LogP contribution in [0.1, 0.15) is 30.0 Å². The van der Waals surface area contributed by atoms with E-state index in [-0.39, 0.29) is 11.6 Å². The second kappa shape index (κ2) is 8.39. The fraction of sp³-hybridized carbons (Fsp3) is 0.190. The minimum atomic E-state index is -0.696. The topological polar surface area (TPSA) is 94.7 Å². The van der Waals surface area contributed by atoms with E-state index in [9.17, 15) is 9.90 Å². The highest BCUT2D eigenvalue weighted by molar-refractivity contribution is 5.87. The number of hydrogen-bond donors (Lipinski definition) is 1. The van der Waals surface area contributed by atoms with E-state index in [2.05, 4.69) is 10.2 Å².